The fourth-order valence-electron chi connectivity index (χ4n) is 4.93. The number of likely N-dealkylation sites (tertiary alicyclic amines) is 1. The average Bonchev–Trinajstić information content (AvgIpc) is 2.92. The summed E-state index contributed by atoms with van der Waals surface area (Å²) in [5, 5.41) is 3.27. The van der Waals surface area contributed by atoms with E-state index >= 15 is 0 Å². The number of sulfonamides is 1. The minimum absolute atomic E-state index is 0.0278. The van der Waals surface area contributed by atoms with Gasteiger partial charge in [-0.1, -0.05) is 23.7 Å². The fourth-order valence-corrected chi connectivity index (χ4v) is 6.46. The fraction of sp³-hybridized carbons (Fsp3) is 0.367. The number of aromatic nitrogens is 4. The molecule has 232 valence electrons. The van der Waals surface area contributed by atoms with E-state index in [4.69, 9.17) is 21.3 Å². The van der Waals surface area contributed by atoms with Gasteiger partial charge in [-0.3, -0.25) is 4.72 Å². The van der Waals surface area contributed by atoms with Crippen molar-refractivity contribution in [1.29, 1.82) is 0 Å². The first-order valence-corrected chi connectivity index (χ1v) is 15.8. The Balaban J connectivity index is 1.33. The molecule has 2 N–H and O–H groups in total. The highest BCUT2D eigenvalue weighted by Crippen LogP contribution is 2.29. The molecule has 1 aromatic carbocycles. The van der Waals surface area contributed by atoms with Crippen molar-refractivity contribution in [2.45, 2.75) is 63.7 Å². The van der Waals surface area contributed by atoms with E-state index < -0.39 is 33.9 Å². The van der Waals surface area contributed by atoms with Crippen molar-refractivity contribution in [2.75, 3.05) is 23.1 Å². The van der Waals surface area contributed by atoms with E-state index in [1.54, 1.807) is 58.2 Å². The molecular formula is C30H33ClFN7O4S. The van der Waals surface area contributed by atoms with Gasteiger partial charge in [0.2, 0.25) is 5.95 Å². The van der Waals surface area contributed by atoms with Crippen LogP contribution in [0, 0.1) is 13.8 Å². The molecule has 1 aliphatic rings. The summed E-state index contributed by atoms with van der Waals surface area (Å²) >= 11 is 6.08. The highest BCUT2D eigenvalue weighted by atomic mass is 35.5. The van der Waals surface area contributed by atoms with E-state index in [1.165, 1.54) is 17.0 Å². The third-order valence-corrected chi connectivity index (χ3v) is 8.70. The molecule has 0 bridgehead atoms. The smallest absolute Gasteiger partial charge is 0.410 e. The molecule has 1 amide bonds. The predicted molar refractivity (Wildman–Crippen MR) is 167 cm³/mol. The van der Waals surface area contributed by atoms with Crippen LogP contribution < -0.4 is 10.0 Å². The number of pyridine rings is 2. The number of benzene rings is 1. The lowest BCUT2D eigenvalue weighted by atomic mass is 10.0. The summed E-state index contributed by atoms with van der Waals surface area (Å²) in [4.78, 5) is 32.0. The Labute approximate surface area is 260 Å². The zero-order chi connectivity index (χ0) is 31.8. The first-order valence-electron chi connectivity index (χ1n) is 14.0. The zero-order valence-electron chi connectivity index (χ0n) is 24.9. The number of hydrogen-bond donors (Lipinski definition) is 2. The maximum Gasteiger partial charge on any atom is 0.410 e. The molecule has 1 aliphatic heterocycles. The Morgan fingerprint density at radius 2 is 1.84 bits per heavy atom. The van der Waals surface area contributed by atoms with E-state index in [2.05, 4.69) is 25.0 Å². The Morgan fingerprint density at radius 1 is 1.09 bits per heavy atom. The van der Waals surface area contributed by atoms with Crippen molar-refractivity contribution in [3.63, 3.8) is 0 Å². The summed E-state index contributed by atoms with van der Waals surface area (Å²) in [7, 11) is -3.94. The van der Waals surface area contributed by atoms with E-state index in [0.717, 1.165) is 5.56 Å². The second-order valence-corrected chi connectivity index (χ2v) is 13.7. The Kier molecular flexibility index (Phi) is 8.63. The average molecular weight is 642 g/mol. The number of carbonyl (C=O) groups is 1. The number of rotatable bonds is 6. The van der Waals surface area contributed by atoms with Gasteiger partial charge in [0.05, 0.1) is 29.0 Å². The molecule has 0 unspecified atom stereocenters. The van der Waals surface area contributed by atoms with Crippen LogP contribution in [0.1, 0.15) is 38.4 Å². The Hall–Kier alpha value is -4.10. The summed E-state index contributed by atoms with van der Waals surface area (Å²) in [5.41, 5.74) is 3.16. The molecule has 3 aromatic heterocycles. The third-order valence-electron chi connectivity index (χ3n) is 6.85. The number of amides is 1. The van der Waals surface area contributed by atoms with Crippen LogP contribution in [-0.2, 0) is 14.8 Å². The van der Waals surface area contributed by atoms with Gasteiger partial charge in [0.15, 0.2) is 0 Å². The van der Waals surface area contributed by atoms with Crippen molar-refractivity contribution in [3.05, 3.63) is 64.9 Å². The molecule has 0 aliphatic carbocycles. The van der Waals surface area contributed by atoms with E-state index in [9.17, 15) is 17.6 Å². The van der Waals surface area contributed by atoms with Crippen LogP contribution in [0.25, 0.3) is 22.3 Å². The number of nitrogens with one attached hydrogen (secondary N) is 2. The molecule has 11 nitrogen and oxygen atoms in total. The van der Waals surface area contributed by atoms with Gasteiger partial charge in [0, 0.05) is 30.3 Å². The van der Waals surface area contributed by atoms with Crippen LogP contribution in [0.4, 0.5) is 21.0 Å². The highest BCUT2D eigenvalue weighted by Gasteiger charge is 2.33. The first-order chi connectivity index (χ1) is 20.7. The number of hydrogen-bond acceptors (Lipinski definition) is 9. The molecule has 0 spiro atoms. The SMILES string of the molecule is Cc1nc(NS(=O)(=O)c2ccccc2Cl)ccc1-c1cc(C)c2nc(N[C@H]3C[C@H](F)CN(C(=O)OC(C)(C)C)C3)ncc2n1. The molecule has 5 rings (SSSR count). The quantitative estimate of drug-likeness (QED) is 0.263. The number of carbonyl (C=O) groups excluding carboxylic acids is 1. The lowest BCUT2D eigenvalue weighted by Gasteiger charge is -2.36. The van der Waals surface area contributed by atoms with E-state index in [1.807, 2.05) is 13.0 Å². The number of halogens is 2. The number of piperidine rings is 1. The molecule has 44 heavy (non-hydrogen) atoms. The second kappa shape index (κ2) is 12.1. The van der Waals surface area contributed by atoms with Crippen LogP contribution >= 0.6 is 11.6 Å². The van der Waals surface area contributed by atoms with E-state index in [-0.39, 0.29) is 35.2 Å². The van der Waals surface area contributed by atoms with Crippen molar-refractivity contribution in [2.24, 2.45) is 0 Å². The molecule has 1 fully saturated rings. The lowest BCUT2D eigenvalue weighted by Crippen LogP contribution is -2.51. The standard InChI is InChI=1S/C30H33ClFN7O4S/c1-17-12-23(21-10-11-26(34-18(21)2)38-44(41,42)25-9-7-6-8-22(25)31)36-24-14-33-28(37-27(17)24)35-20-13-19(32)15-39(16-20)29(40)43-30(3,4)5/h6-12,14,19-20H,13,15-16H2,1-5H3,(H,34,38)(H,33,35,37)/t19-,20-/m0/s1. The lowest BCUT2D eigenvalue weighted by molar-refractivity contribution is 0.0124. The minimum Gasteiger partial charge on any atom is -0.444 e. The van der Waals surface area contributed by atoms with Gasteiger partial charge in [-0.05, 0) is 70.5 Å². The van der Waals surface area contributed by atoms with Crippen LogP contribution in [0.15, 0.2) is 53.6 Å². The van der Waals surface area contributed by atoms with Gasteiger partial charge in [0.1, 0.15) is 28.0 Å². The van der Waals surface area contributed by atoms with Crippen LogP contribution in [0.2, 0.25) is 5.02 Å². The van der Waals surface area contributed by atoms with Gasteiger partial charge < -0.3 is 15.0 Å². The predicted octanol–water partition coefficient (Wildman–Crippen LogP) is 5.92. The molecule has 0 radical (unpaired) electrons. The van der Waals surface area contributed by atoms with Crippen molar-refractivity contribution in [1.82, 2.24) is 24.8 Å². The van der Waals surface area contributed by atoms with Crippen LogP contribution in [0.3, 0.4) is 0 Å². The maximum atomic E-state index is 14.6. The van der Waals surface area contributed by atoms with E-state index in [0.29, 0.717) is 33.9 Å². The molecule has 14 heteroatoms. The maximum absolute atomic E-state index is 14.6. The van der Waals surface area contributed by atoms with Crippen LogP contribution in [-0.4, -0.2) is 70.3 Å². The summed E-state index contributed by atoms with van der Waals surface area (Å²) < 4.78 is 48.1. The molecule has 4 heterocycles. The Morgan fingerprint density at radius 3 is 2.55 bits per heavy atom. The number of ether oxygens (including phenoxy) is 1. The minimum atomic E-state index is -3.94. The largest absolute Gasteiger partial charge is 0.444 e. The summed E-state index contributed by atoms with van der Waals surface area (Å²) in [5.74, 6) is 0.442. The van der Waals surface area contributed by atoms with Crippen molar-refractivity contribution < 1.29 is 22.3 Å². The van der Waals surface area contributed by atoms with Crippen LogP contribution in [0.5, 0.6) is 0 Å². The van der Waals surface area contributed by atoms with Gasteiger partial charge in [0.25, 0.3) is 10.0 Å². The molecular weight excluding hydrogens is 609 g/mol. The number of fused-ring (bicyclic) bond motifs is 1. The van der Waals surface area contributed by atoms with Gasteiger partial charge >= 0.3 is 6.09 Å². The molecule has 0 saturated carbocycles. The molecule has 2 atom stereocenters. The molecule has 4 aromatic rings. The topological polar surface area (TPSA) is 139 Å². The number of aryl methyl sites for hydroxylation is 2. The van der Waals surface area contributed by atoms with Gasteiger partial charge in [-0.2, -0.15) is 0 Å². The highest BCUT2D eigenvalue weighted by molar-refractivity contribution is 7.92. The zero-order valence-corrected chi connectivity index (χ0v) is 26.5. The summed E-state index contributed by atoms with van der Waals surface area (Å²) in [6.45, 7) is 9.18. The second-order valence-electron chi connectivity index (χ2n) is 11.7. The monoisotopic (exact) mass is 641 g/mol. The van der Waals surface area contributed by atoms with Gasteiger partial charge in [-0.15, -0.1) is 0 Å². The number of anilines is 2. The third kappa shape index (κ3) is 7.16. The molecule has 1 saturated heterocycles. The van der Waals surface area contributed by atoms with Crippen molar-refractivity contribution in [3.8, 4) is 11.3 Å². The van der Waals surface area contributed by atoms with Crippen molar-refractivity contribution >= 4 is 50.5 Å². The number of nitrogens with zero attached hydrogens (tertiary/aromatic N) is 5. The first kappa shape index (κ1) is 31.3. The van der Waals surface area contributed by atoms with Gasteiger partial charge in [-0.25, -0.2) is 37.5 Å². The number of alkyl halides is 1. The summed E-state index contributed by atoms with van der Waals surface area (Å²) in [6, 6.07) is 10.9. The Bertz CT molecular complexity index is 1830. The normalized spacial score (nSPS) is 17.4. The summed E-state index contributed by atoms with van der Waals surface area (Å²) in [6.07, 6.45) is 0.00908.